The van der Waals surface area contributed by atoms with Gasteiger partial charge >= 0.3 is 0 Å². The first-order valence-corrected chi connectivity index (χ1v) is 10.3. The van der Waals surface area contributed by atoms with Crippen LogP contribution in [0.3, 0.4) is 0 Å². The highest BCUT2D eigenvalue weighted by molar-refractivity contribution is 7.91. The minimum atomic E-state index is -2.90. The topological polar surface area (TPSA) is 84.3 Å². The molecule has 7 nitrogen and oxygen atoms in total. The first-order valence-electron chi connectivity index (χ1n) is 8.43. The molecule has 25 heavy (non-hydrogen) atoms. The van der Waals surface area contributed by atoms with Crippen molar-refractivity contribution >= 4 is 26.8 Å². The molecule has 0 radical (unpaired) electrons. The number of aryl methyl sites for hydroxylation is 1. The molecule has 0 bridgehead atoms. The lowest BCUT2D eigenvalue weighted by Crippen LogP contribution is -2.36. The predicted octanol–water partition coefficient (Wildman–Crippen LogP) is 0.698. The number of nitrogens with zero attached hydrogens (tertiary/aromatic N) is 3. The fourth-order valence-corrected chi connectivity index (χ4v) is 5.01. The van der Waals surface area contributed by atoms with Crippen LogP contribution in [0.15, 0.2) is 24.3 Å². The number of rotatable bonds is 6. The maximum Gasteiger partial charge on any atom is 0.221 e. The monoisotopic (exact) mass is 364 g/mol. The van der Waals surface area contributed by atoms with Crippen molar-refractivity contribution in [1.29, 1.82) is 0 Å². The zero-order valence-corrected chi connectivity index (χ0v) is 15.4. The normalized spacial score (nSPS) is 19.6. The summed E-state index contributed by atoms with van der Waals surface area (Å²) in [7, 11) is 0.919. The third-order valence-electron chi connectivity index (χ3n) is 4.85. The Labute approximate surface area is 147 Å². The van der Waals surface area contributed by atoms with Crippen LogP contribution in [0.25, 0.3) is 11.0 Å². The van der Waals surface area contributed by atoms with Gasteiger partial charge in [0, 0.05) is 26.1 Å². The van der Waals surface area contributed by atoms with Gasteiger partial charge in [0.05, 0.1) is 29.1 Å². The molecule has 1 aliphatic rings. The number of fused-ring (bicyclic) bond motifs is 1. The van der Waals surface area contributed by atoms with E-state index in [2.05, 4.69) is 10.3 Å². The van der Waals surface area contributed by atoms with Gasteiger partial charge in [-0.3, -0.25) is 4.79 Å². The minimum absolute atomic E-state index is 0.0256. The van der Waals surface area contributed by atoms with Crippen LogP contribution in [0.1, 0.15) is 18.7 Å². The van der Waals surface area contributed by atoms with Crippen molar-refractivity contribution in [3.63, 3.8) is 0 Å². The van der Waals surface area contributed by atoms with Gasteiger partial charge in [0.1, 0.15) is 5.82 Å². The maximum absolute atomic E-state index is 12.1. The van der Waals surface area contributed by atoms with Crippen LogP contribution in [0.2, 0.25) is 0 Å². The van der Waals surface area contributed by atoms with E-state index in [9.17, 15) is 13.2 Å². The molecule has 3 rings (SSSR count). The fraction of sp³-hybridized carbons (Fsp3) is 0.529. The zero-order chi connectivity index (χ0) is 18.0. The molecular formula is C17H24N4O3S. The Morgan fingerprint density at radius 3 is 2.84 bits per heavy atom. The van der Waals surface area contributed by atoms with Crippen molar-refractivity contribution in [2.75, 3.05) is 25.1 Å². The molecule has 1 fully saturated rings. The summed E-state index contributed by atoms with van der Waals surface area (Å²) < 4.78 is 25.0. The van der Waals surface area contributed by atoms with Crippen LogP contribution in [-0.2, 0) is 28.2 Å². The van der Waals surface area contributed by atoms with Gasteiger partial charge < -0.3 is 14.8 Å². The third kappa shape index (κ3) is 4.19. The van der Waals surface area contributed by atoms with Gasteiger partial charge in [-0.2, -0.15) is 0 Å². The SMILES string of the molecule is CN(CCC(=O)NCc1nc2ccccc2n1C)[C@@H]1CCS(=O)(=O)C1. The van der Waals surface area contributed by atoms with Gasteiger partial charge in [0.15, 0.2) is 9.84 Å². The molecule has 0 saturated carbocycles. The van der Waals surface area contributed by atoms with Gasteiger partial charge in [-0.1, -0.05) is 12.1 Å². The number of sulfone groups is 1. The number of para-hydroxylation sites is 2. The first-order chi connectivity index (χ1) is 11.9. The van der Waals surface area contributed by atoms with Crippen LogP contribution in [-0.4, -0.2) is 59.9 Å². The molecule has 0 aliphatic carbocycles. The molecule has 1 aromatic carbocycles. The highest BCUT2D eigenvalue weighted by Crippen LogP contribution is 2.17. The molecule has 2 heterocycles. The van der Waals surface area contributed by atoms with E-state index in [4.69, 9.17) is 0 Å². The summed E-state index contributed by atoms with van der Waals surface area (Å²) in [6.45, 7) is 0.931. The molecule has 0 spiro atoms. The highest BCUT2D eigenvalue weighted by atomic mass is 32.2. The average Bonchev–Trinajstić information content (AvgIpc) is 3.11. The summed E-state index contributed by atoms with van der Waals surface area (Å²) in [5, 5.41) is 2.90. The fourth-order valence-electron chi connectivity index (χ4n) is 3.20. The summed E-state index contributed by atoms with van der Waals surface area (Å²) in [5.41, 5.74) is 1.95. The van der Waals surface area contributed by atoms with E-state index in [0.29, 0.717) is 25.9 Å². The molecule has 8 heteroatoms. The third-order valence-corrected chi connectivity index (χ3v) is 6.60. The lowest BCUT2D eigenvalue weighted by Gasteiger charge is -2.22. The number of nitrogens with one attached hydrogen (secondary N) is 1. The van der Waals surface area contributed by atoms with Crippen LogP contribution in [0.5, 0.6) is 0 Å². The molecule has 1 atom stereocenters. The second-order valence-electron chi connectivity index (χ2n) is 6.64. The van der Waals surface area contributed by atoms with Crippen LogP contribution < -0.4 is 5.32 Å². The molecule has 1 aliphatic heterocycles. The van der Waals surface area contributed by atoms with Crippen molar-refractivity contribution in [3.8, 4) is 0 Å². The summed E-state index contributed by atoms with van der Waals surface area (Å²) in [4.78, 5) is 18.6. The summed E-state index contributed by atoms with van der Waals surface area (Å²) >= 11 is 0. The van der Waals surface area contributed by atoms with Crippen molar-refractivity contribution in [3.05, 3.63) is 30.1 Å². The smallest absolute Gasteiger partial charge is 0.221 e. The quantitative estimate of drug-likeness (QED) is 0.816. The van der Waals surface area contributed by atoms with Gasteiger partial charge in [0.2, 0.25) is 5.91 Å². The Balaban J connectivity index is 1.48. The van der Waals surface area contributed by atoms with Crippen molar-refractivity contribution in [2.24, 2.45) is 7.05 Å². The van der Waals surface area contributed by atoms with E-state index in [0.717, 1.165) is 16.9 Å². The standard InChI is InChI=1S/C17H24N4O3S/c1-20(13-8-10-25(23,24)12-13)9-7-17(22)18-11-16-19-14-5-3-4-6-15(14)21(16)2/h3-6,13H,7-12H2,1-2H3,(H,18,22)/t13-/m1/s1. The molecule has 2 aromatic rings. The van der Waals surface area contributed by atoms with Crippen molar-refractivity contribution in [2.45, 2.75) is 25.4 Å². The Morgan fingerprint density at radius 2 is 2.16 bits per heavy atom. The number of benzene rings is 1. The number of aromatic nitrogens is 2. The van der Waals surface area contributed by atoms with Crippen molar-refractivity contribution in [1.82, 2.24) is 19.8 Å². The molecule has 136 valence electrons. The van der Waals surface area contributed by atoms with E-state index < -0.39 is 9.84 Å². The van der Waals surface area contributed by atoms with E-state index >= 15 is 0 Å². The maximum atomic E-state index is 12.1. The summed E-state index contributed by atoms with van der Waals surface area (Å²) in [6.07, 6.45) is 0.997. The lowest BCUT2D eigenvalue weighted by molar-refractivity contribution is -0.121. The van der Waals surface area contributed by atoms with Gasteiger partial charge in [0.25, 0.3) is 0 Å². The summed E-state index contributed by atoms with van der Waals surface area (Å²) in [5.74, 6) is 1.20. The average molecular weight is 364 g/mol. The first kappa shape index (κ1) is 17.9. The Bertz CT molecular complexity index is 875. The molecule has 1 amide bonds. The van der Waals surface area contributed by atoms with E-state index in [1.807, 2.05) is 47.8 Å². The van der Waals surface area contributed by atoms with Crippen LogP contribution in [0, 0.1) is 0 Å². The van der Waals surface area contributed by atoms with E-state index in [-0.39, 0.29) is 23.5 Å². The molecule has 1 aromatic heterocycles. The zero-order valence-electron chi connectivity index (χ0n) is 14.6. The van der Waals surface area contributed by atoms with Crippen molar-refractivity contribution < 1.29 is 13.2 Å². The number of carbonyl (C=O) groups excluding carboxylic acids is 1. The Morgan fingerprint density at radius 1 is 1.40 bits per heavy atom. The number of hydrogen-bond donors (Lipinski definition) is 1. The predicted molar refractivity (Wildman–Crippen MR) is 96.9 cm³/mol. The summed E-state index contributed by atoms with van der Waals surface area (Å²) in [6, 6.07) is 7.88. The molecule has 1 N–H and O–H groups in total. The van der Waals surface area contributed by atoms with Crippen LogP contribution in [0.4, 0.5) is 0 Å². The molecular weight excluding hydrogens is 340 g/mol. The number of carbonyl (C=O) groups is 1. The number of amides is 1. The number of imidazole rings is 1. The second kappa shape index (κ2) is 7.13. The van der Waals surface area contributed by atoms with Gasteiger partial charge in [-0.05, 0) is 25.6 Å². The Hall–Kier alpha value is -1.93. The van der Waals surface area contributed by atoms with E-state index in [1.165, 1.54) is 0 Å². The van der Waals surface area contributed by atoms with Gasteiger partial charge in [-0.15, -0.1) is 0 Å². The van der Waals surface area contributed by atoms with Gasteiger partial charge in [-0.25, -0.2) is 13.4 Å². The van der Waals surface area contributed by atoms with Crippen LogP contribution >= 0.6 is 0 Å². The second-order valence-corrected chi connectivity index (χ2v) is 8.87. The molecule has 0 unspecified atom stereocenters. The largest absolute Gasteiger partial charge is 0.349 e. The minimum Gasteiger partial charge on any atom is -0.349 e. The lowest BCUT2D eigenvalue weighted by atomic mass is 10.2. The Kier molecular flexibility index (Phi) is 5.10. The number of hydrogen-bond acceptors (Lipinski definition) is 5. The van der Waals surface area contributed by atoms with E-state index in [1.54, 1.807) is 0 Å². The highest BCUT2D eigenvalue weighted by Gasteiger charge is 2.30. The molecule has 1 saturated heterocycles.